The molecule has 1 fully saturated rings. The highest BCUT2D eigenvalue weighted by Crippen LogP contribution is 2.38. The van der Waals surface area contributed by atoms with Gasteiger partial charge in [-0.2, -0.15) is 21.6 Å². The maximum Gasteiger partial charge on any atom is 0.419 e. The summed E-state index contributed by atoms with van der Waals surface area (Å²) >= 11 is 0. The summed E-state index contributed by atoms with van der Waals surface area (Å²) in [7, 11) is -3.84. The molecule has 1 saturated heterocycles. The fourth-order valence-corrected chi connectivity index (χ4v) is 4.17. The maximum absolute atomic E-state index is 14.1. The summed E-state index contributed by atoms with van der Waals surface area (Å²) in [6.07, 6.45) is -5.07. The van der Waals surface area contributed by atoms with Crippen molar-refractivity contribution in [2.45, 2.75) is 57.6 Å². The number of rotatable bonds is 6. The Morgan fingerprint density at radius 1 is 0.918 bits per heavy atom. The van der Waals surface area contributed by atoms with Gasteiger partial charge in [0.1, 0.15) is 17.2 Å². The second-order valence-corrected chi connectivity index (χ2v) is 14.3. The number of primary amides is 1. The zero-order chi connectivity index (χ0) is 37.3. The van der Waals surface area contributed by atoms with E-state index < -0.39 is 73.3 Å². The van der Waals surface area contributed by atoms with Crippen molar-refractivity contribution in [2.24, 2.45) is 5.73 Å². The molecule has 0 radical (unpaired) electrons. The van der Waals surface area contributed by atoms with Gasteiger partial charge in [-0.05, 0) is 94.8 Å². The number of nitrogens with zero attached hydrogens (tertiary/aromatic N) is 2. The summed E-state index contributed by atoms with van der Waals surface area (Å²) in [4.78, 5) is 51.9. The third-order valence-corrected chi connectivity index (χ3v) is 8.73. The number of amides is 6. The molecule has 1 heterocycles. The van der Waals surface area contributed by atoms with Crippen molar-refractivity contribution in [2.75, 3.05) is 15.5 Å². The van der Waals surface area contributed by atoms with Crippen LogP contribution in [0.1, 0.15) is 56.1 Å². The lowest BCUT2D eigenvalue weighted by molar-refractivity contribution is -0.140. The second-order valence-electron chi connectivity index (χ2n) is 12.1. The molecule has 1 aliphatic rings. The average molecular weight is 714 g/mol. The predicted molar refractivity (Wildman–Crippen MR) is 169 cm³/mol. The standard InChI is InChI=1S/C27H22F5N5O4.C4H10O3S/c1-26(2)23(39)37(18-9-10-20(29)19(12-18)27(30,31)32)25(41)36(26)13-15-3-6-16(28)11-21(15)35-24(40)34-17-7-4-14(5-8-17)22(33)38;1-4(2,3)8(5,6)7/h3-12H,13H2,1-2H3,(H2,33,38)(H2,34,35,40);1-3H3,(H,5,6,7). The Morgan fingerprint density at radius 2 is 1.49 bits per heavy atom. The molecule has 3 aromatic rings. The normalized spacial score (nSPS) is 14.7. The lowest BCUT2D eigenvalue weighted by Crippen LogP contribution is -2.43. The minimum Gasteiger partial charge on any atom is -0.366 e. The van der Waals surface area contributed by atoms with Gasteiger partial charge in [-0.1, -0.05) is 6.07 Å². The summed E-state index contributed by atoms with van der Waals surface area (Å²) in [6, 6.07) is 8.85. The summed E-state index contributed by atoms with van der Waals surface area (Å²) in [5.41, 5.74) is 2.09. The van der Waals surface area contributed by atoms with Crippen molar-refractivity contribution in [1.29, 1.82) is 0 Å². The highest BCUT2D eigenvalue weighted by Gasteiger charge is 2.52. The molecule has 5 N–H and O–H groups in total. The SMILES string of the molecule is CC(C)(C)S(=O)(=O)O.CC1(C)C(=O)N(c2ccc(F)c(C(F)(F)F)c2)C(=O)N1Cc1ccc(F)cc1NC(=O)Nc1ccc(C(N)=O)cc1. The van der Waals surface area contributed by atoms with Crippen molar-refractivity contribution in [3.63, 3.8) is 0 Å². The molecule has 1 aliphatic heterocycles. The summed E-state index contributed by atoms with van der Waals surface area (Å²) in [5.74, 6) is -3.84. The predicted octanol–water partition coefficient (Wildman–Crippen LogP) is 6.15. The number of alkyl halides is 3. The van der Waals surface area contributed by atoms with Crippen LogP contribution in [0, 0.1) is 11.6 Å². The average Bonchev–Trinajstić information content (AvgIpc) is 3.12. The van der Waals surface area contributed by atoms with Gasteiger partial charge in [0.15, 0.2) is 0 Å². The Labute approximate surface area is 277 Å². The monoisotopic (exact) mass is 713 g/mol. The van der Waals surface area contributed by atoms with E-state index in [0.717, 1.165) is 23.1 Å². The number of carbonyl (C=O) groups is 4. The van der Waals surface area contributed by atoms with Crippen LogP contribution in [0.4, 0.5) is 48.6 Å². The van der Waals surface area contributed by atoms with Gasteiger partial charge < -0.3 is 21.3 Å². The summed E-state index contributed by atoms with van der Waals surface area (Å²) in [6.45, 7) is 6.67. The van der Waals surface area contributed by atoms with Crippen LogP contribution in [0.15, 0.2) is 60.7 Å². The molecular formula is C31H32F5N5O7S. The number of urea groups is 2. The molecule has 49 heavy (non-hydrogen) atoms. The number of anilines is 3. The second kappa shape index (κ2) is 13.8. The van der Waals surface area contributed by atoms with E-state index in [1.54, 1.807) is 0 Å². The molecule has 6 amide bonds. The Morgan fingerprint density at radius 3 is 2.00 bits per heavy atom. The van der Waals surface area contributed by atoms with E-state index in [9.17, 15) is 49.5 Å². The third kappa shape index (κ3) is 8.88. The molecule has 264 valence electrons. The first-order valence-electron chi connectivity index (χ1n) is 14.1. The molecule has 0 aromatic heterocycles. The number of imide groups is 1. The van der Waals surface area contributed by atoms with Crippen molar-refractivity contribution >= 4 is 51.1 Å². The highest BCUT2D eigenvalue weighted by molar-refractivity contribution is 7.87. The number of halogens is 5. The summed E-state index contributed by atoms with van der Waals surface area (Å²) in [5, 5.41) is 4.94. The van der Waals surface area contributed by atoms with Crippen LogP contribution in [-0.4, -0.2) is 52.0 Å². The molecule has 0 bridgehead atoms. The Bertz CT molecular complexity index is 1890. The highest BCUT2D eigenvalue weighted by atomic mass is 32.2. The molecular weight excluding hydrogens is 681 g/mol. The molecule has 12 nitrogen and oxygen atoms in total. The van der Waals surface area contributed by atoms with Crippen molar-refractivity contribution in [1.82, 2.24) is 4.90 Å². The van der Waals surface area contributed by atoms with E-state index >= 15 is 0 Å². The zero-order valence-electron chi connectivity index (χ0n) is 26.6. The number of nitrogens with two attached hydrogens (primary N) is 1. The minimum atomic E-state index is -5.07. The van der Waals surface area contributed by atoms with E-state index in [4.69, 9.17) is 10.3 Å². The van der Waals surface area contributed by atoms with Crippen molar-refractivity contribution in [3.8, 4) is 0 Å². The van der Waals surface area contributed by atoms with Gasteiger partial charge in [-0.3, -0.25) is 14.1 Å². The van der Waals surface area contributed by atoms with Gasteiger partial charge in [-0.25, -0.2) is 23.3 Å². The van der Waals surface area contributed by atoms with Crippen molar-refractivity contribution < 1.29 is 54.1 Å². The number of hydrogen-bond acceptors (Lipinski definition) is 6. The molecule has 3 aromatic carbocycles. The Kier molecular flexibility index (Phi) is 10.8. The number of benzene rings is 3. The number of hydrogen-bond donors (Lipinski definition) is 4. The van der Waals surface area contributed by atoms with E-state index in [2.05, 4.69) is 10.6 Å². The third-order valence-electron chi connectivity index (χ3n) is 7.19. The van der Waals surface area contributed by atoms with Gasteiger partial charge in [-0.15, -0.1) is 0 Å². The minimum absolute atomic E-state index is 0.0631. The van der Waals surface area contributed by atoms with Crippen molar-refractivity contribution in [3.05, 3.63) is 89.0 Å². The van der Waals surface area contributed by atoms with Gasteiger partial charge >= 0.3 is 18.2 Å². The molecule has 0 atom stereocenters. The van der Waals surface area contributed by atoms with Crippen LogP contribution in [0.2, 0.25) is 0 Å². The van der Waals surface area contributed by atoms with Crippen LogP contribution >= 0.6 is 0 Å². The van der Waals surface area contributed by atoms with Gasteiger partial charge in [0, 0.05) is 11.3 Å². The molecule has 0 spiro atoms. The van der Waals surface area contributed by atoms with E-state index in [0.29, 0.717) is 17.0 Å². The molecule has 18 heteroatoms. The van der Waals surface area contributed by atoms with Gasteiger partial charge in [0.2, 0.25) is 5.91 Å². The lowest BCUT2D eigenvalue weighted by Gasteiger charge is -2.28. The fraction of sp³-hybridized carbons (Fsp3) is 0.290. The van der Waals surface area contributed by atoms with Gasteiger partial charge in [0.25, 0.3) is 16.0 Å². The first-order valence-corrected chi connectivity index (χ1v) is 15.5. The largest absolute Gasteiger partial charge is 0.419 e. The fourth-order valence-electron chi connectivity index (χ4n) is 4.17. The van der Waals surface area contributed by atoms with E-state index in [-0.39, 0.29) is 29.0 Å². The zero-order valence-corrected chi connectivity index (χ0v) is 27.5. The summed E-state index contributed by atoms with van der Waals surface area (Å²) < 4.78 is 95.5. The lowest BCUT2D eigenvalue weighted by atomic mass is 10.0. The first-order chi connectivity index (χ1) is 22.3. The Balaban J connectivity index is 0.000000723. The molecule has 0 aliphatic carbocycles. The smallest absolute Gasteiger partial charge is 0.366 e. The van der Waals surface area contributed by atoms with Crippen LogP contribution in [0.25, 0.3) is 0 Å². The van der Waals surface area contributed by atoms with E-state index in [1.807, 2.05) is 0 Å². The Hall–Kier alpha value is -5.10. The quantitative estimate of drug-likeness (QED) is 0.134. The van der Waals surface area contributed by atoms with Crippen LogP contribution in [0.3, 0.4) is 0 Å². The topological polar surface area (TPSA) is 179 Å². The maximum atomic E-state index is 14.1. The molecule has 0 unspecified atom stereocenters. The number of nitrogens with one attached hydrogen (secondary N) is 2. The van der Waals surface area contributed by atoms with Crippen LogP contribution in [-0.2, 0) is 27.6 Å². The number of carbonyl (C=O) groups excluding carboxylic acids is 4. The first kappa shape index (κ1) is 38.3. The molecule has 0 saturated carbocycles. The van der Waals surface area contributed by atoms with E-state index in [1.165, 1.54) is 65.0 Å². The van der Waals surface area contributed by atoms with Crippen LogP contribution in [0.5, 0.6) is 0 Å². The van der Waals surface area contributed by atoms with Gasteiger partial charge in [0.05, 0.1) is 28.2 Å². The molecule has 4 rings (SSSR count). The van der Waals surface area contributed by atoms with Crippen LogP contribution < -0.4 is 21.3 Å².